The van der Waals surface area contributed by atoms with Crippen LogP contribution in [-0.4, -0.2) is 58.1 Å². The number of nitrogens with one attached hydrogen (secondary N) is 1. The van der Waals surface area contributed by atoms with Gasteiger partial charge in [-0.25, -0.2) is 8.42 Å². The molecule has 0 saturated carbocycles. The number of morpholine rings is 1. The first kappa shape index (κ1) is 23.5. The molecule has 1 fully saturated rings. The summed E-state index contributed by atoms with van der Waals surface area (Å²) in [5.74, 6) is 1.25. The van der Waals surface area contributed by atoms with Crippen molar-refractivity contribution in [3.05, 3.63) is 53.6 Å². The fourth-order valence-electron chi connectivity index (χ4n) is 3.95. The van der Waals surface area contributed by atoms with Crippen molar-refractivity contribution in [3.8, 4) is 11.5 Å². The maximum absolute atomic E-state index is 13.0. The molecule has 33 heavy (non-hydrogen) atoms. The van der Waals surface area contributed by atoms with E-state index in [2.05, 4.69) is 5.32 Å². The highest BCUT2D eigenvalue weighted by atomic mass is 32.2. The molecular weight excluding hydrogens is 444 g/mol. The van der Waals surface area contributed by atoms with Crippen molar-refractivity contribution >= 4 is 15.9 Å². The molecule has 1 amide bonds. The van der Waals surface area contributed by atoms with Crippen LogP contribution in [0.5, 0.6) is 11.5 Å². The third kappa shape index (κ3) is 5.31. The number of benzene rings is 2. The Bertz CT molecular complexity index is 1080. The summed E-state index contributed by atoms with van der Waals surface area (Å²) in [4.78, 5) is 13.2. The Kier molecular flexibility index (Phi) is 7.21. The van der Waals surface area contributed by atoms with Gasteiger partial charge in [-0.05, 0) is 47.9 Å². The lowest BCUT2D eigenvalue weighted by atomic mass is 9.95. The van der Waals surface area contributed by atoms with Crippen molar-refractivity contribution in [1.82, 2.24) is 9.62 Å². The van der Waals surface area contributed by atoms with Crippen LogP contribution >= 0.6 is 0 Å². The van der Waals surface area contributed by atoms with Crippen molar-refractivity contribution in [1.29, 1.82) is 0 Å². The summed E-state index contributed by atoms with van der Waals surface area (Å²) in [5.41, 5.74) is 1.32. The Morgan fingerprint density at radius 3 is 2.27 bits per heavy atom. The number of sulfonamides is 1. The van der Waals surface area contributed by atoms with Crippen LogP contribution < -0.4 is 14.8 Å². The minimum Gasteiger partial charge on any atom is -0.490 e. The highest BCUT2D eigenvalue weighted by Crippen LogP contribution is 2.34. The molecule has 2 aromatic carbocycles. The average Bonchev–Trinajstić information content (AvgIpc) is 3.08. The second kappa shape index (κ2) is 10.1. The maximum atomic E-state index is 13.0. The molecule has 9 heteroatoms. The second-order valence-electron chi connectivity index (χ2n) is 8.49. The molecule has 8 nitrogen and oxygen atoms in total. The van der Waals surface area contributed by atoms with E-state index < -0.39 is 10.0 Å². The van der Waals surface area contributed by atoms with Crippen LogP contribution in [0.3, 0.4) is 0 Å². The van der Waals surface area contributed by atoms with Crippen molar-refractivity contribution in [2.45, 2.75) is 31.2 Å². The molecule has 178 valence electrons. The molecule has 0 bridgehead atoms. The number of nitrogens with zero attached hydrogens (tertiary/aromatic N) is 1. The molecule has 0 radical (unpaired) electrons. The molecule has 2 aromatic rings. The lowest BCUT2D eigenvalue weighted by Gasteiger charge is -2.26. The van der Waals surface area contributed by atoms with Crippen LogP contribution in [-0.2, 0) is 14.8 Å². The molecule has 0 aliphatic carbocycles. The minimum absolute atomic E-state index is 0.125. The first-order valence-electron chi connectivity index (χ1n) is 11.2. The van der Waals surface area contributed by atoms with Gasteiger partial charge in [0.05, 0.1) is 37.4 Å². The predicted octanol–water partition coefficient (Wildman–Crippen LogP) is 3.00. The summed E-state index contributed by atoms with van der Waals surface area (Å²) in [7, 11) is -3.60. The number of ether oxygens (including phenoxy) is 3. The third-order valence-corrected chi connectivity index (χ3v) is 7.72. The highest BCUT2D eigenvalue weighted by Gasteiger charge is 2.27. The lowest BCUT2D eigenvalue weighted by molar-refractivity contribution is 0.0730. The summed E-state index contributed by atoms with van der Waals surface area (Å²) >= 11 is 0. The number of hydrogen-bond acceptors (Lipinski definition) is 6. The molecule has 0 aromatic heterocycles. The number of amides is 1. The number of carbonyl (C=O) groups excluding carboxylic acids is 1. The summed E-state index contributed by atoms with van der Waals surface area (Å²) in [5, 5.41) is 3.08. The lowest BCUT2D eigenvalue weighted by Crippen LogP contribution is -2.40. The van der Waals surface area contributed by atoms with E-state index in [1.807, 2.05) is 32.0 Å². The largest absolute Gasteiger partial charge is 0.490 e. The van der Waals surface area contributed by atoms with Gasteiger partial charge in [0.1, 0.15) is 0 Å². The van der Waals surface area contributed by atoms with Gasteiger partial charge in [0, 0.05) is 25.1 Å². The third-order valence-electron chi connectivity index (χ3n) is 5.81. The zero-order valence-electron chi connectivity index (χ0n) is 19.0. The molecule has 2 aliphatic rings. The van der Waals surface area contributed by atoms with Crippen molar-refractivity contribution in [2.24, 2.45) is 5.92 Å². The van der Waals surface area contributed by atoms with Gasteiger partial charge in [-0.15, -0.1) is 0 Å². The molecule has 1 N–H and O–H groups in total. The van der Waals surface area contributed by atoms with Crippen LogP contribution in [0.2, 0.25) is 0 Å². The summed E-state index contributed by atoms with van der Waals surface area (Å²) in [6.45, 7) is 6.71. The van der Waals surface area contributed by atoms with E-state index in [-0.39, 0.29) is 22.8 Å². The van der Waals surface area contributed by atoms with Crippen LogP contribution in [0.4, 0.5) is 0 Å². The normalized spacial score (nSPS) is 17.9. The average molecular weight is 475 g/mol. The van der Waals surface area contributed by atoms with E-state index in [0.29, 0.717) is 56.6 Å². The van der Waals surface area contributed by atoms with Crippen LogP contribution in [0, 0.1) is 5.92 Å². The Balaban J connectivity index is 1.49. The Morgan fingerprint density at radius 1 is 0.939 bits per heavy atom. The predicted molar refractivity (Wildman–Crippen MR) is 123 cm³/mol. The van der Waals surface area contributed by atoms with Crippen LogP contribution in [0.15, 0.2) is 47.4 Å². The van der Waals surface area contributed by atoms with Gasteiger partial charge in [0.15, 0.2) is 11.5 Å². The smallest absolute Gasteiger partial charge is 0.251 e. The van der Waals surface area contributed by atoms with Gasteiger partial charge in [-0.3, -0.25) is 4.79 Å². The minimum atomic E-state index is -3.60. The van der Waals surface area contributed by atoms with Gasteiger partial charge in [0.25, 0.3) is 5.91 Å². The van der Waals surface area contributed by atoms with Crippen molar-refractivity contribution in [2.75, 3.05) is 39.5 Å². The van der Waals surface area contributed by atoms with E-state index in [4.69, 9.17) is 14.2 Å². The standard InChI is InChI=1S/C24H30N2O6S/c1-17(2)23(19-6-9-21-22(16-19)32-13-3-12-31-21)25-24(27)18-4-7-20(8-5-18)33(28,29)26-10-14-30-15-11-26/h4-9,16-17,23H,3,10-15H2,1-2H3,(H,25,27)/t23-/m1/s1. The van der Waals surface area contributed by atoms with Gasteiger partial charge >= 0.3 is 0 Å². The fourth-order valence-corrected chi connectivity index (χ4v) is 5.36. The van der Waals surface area contributed by atoms with E-state index in [1.165, 1.54) is 16.4 Å². The maximum Gasteiger partial charge on any atom is 0.251 e. The van der Waals surface area contributed by atoms with E-state index in [1.54, 1.807) is 12.1 Å². The molecule has 0 unspecified atom stereocenters. The highest BCUT2D eigenvalue weighted by molar-refractivity contribution is 7.89. The van der Waals surface area contributed by atoms with E-state index in [9.17, 15) is 13.2 Å². The molecule has 0 spiro atoms. The van der Waals surface area contributed by atoms with Gasteiger partial charge < -0.3 is 19.5 Å². The first-order chi connectivity index (χ1) is 15.9. The van der Waals surface area contributed by atoms with E-state index >= 15 is 0 Å². The quantitative estimate of drug-likeness (QED) is 0.692. The molecular formula is C24H30N2O6S. The van der Waals surface area contributed by atoms with Crippen LogP contribution in [0.1, 0.15) is 42.2 Å². The summed E-state index contributed by atoms with van der Waals surface area (Å²) in [6.07, 6.45) is 0.825. The number of hydrogen-bond donors (Lipinski definition) is 1. The molecule has 1 atom stereocenters. The topological polar surface area (TPSA) is 94.2 Å². The molecule has 2 heterocycles. The Morgan fingerprint density at radius 2 is 1.61 bits per heavy atom. The monoisotopic (exact) mass is 474 g/mol. The van der Waals surface area contributed by atoms with E-state index in [0.717, 1.165) is 12.0 Å². The van der Waals surface area contributed by atoms with Crippen molar-refractivity contribution < 1.29 is 27.4 Å². The zero-order chi connectivity index (χ0) is 23.4. The summed E-state index contributed by atoms with van der Waals surface area (Å²) in [6, 6.07) is 11.6. The van der Waals surface area contributed by atoms with Crippen molar-refractivity contribution in [3.63, 3.8) is 0 Å². The van der Waals surface area contributed by atoms with Gasteiger partial charge in [-0.1, -0.05) is 19.9 Å². The number of carbonyl (C=O) groups is 1. The number of fused-ring (bicyclic) bond motifs is 1. The van der Waals surface area contributed by atoms with Gasteiger partial charge in [0.2, 0.25) is 10.0 Å². The summed E-state index contributed by atoms with van der Waals surface area (Å²) < 4.78 is 43.8. The SMILES string of the molecule is CC(C)[C@@H](NC(=O)c1ccc(S(=O)(=O)N2CCOCC2)cc1)c1ccc2c(c1)OCCCO2. The molecule has 4 rings (SSSR count). The Labute approximate surface area is 194 Å². The fraction of sp³-hybridized carbons (Fsp3) is 0.458. The van der Waals surface area contributed by atoms with Crippen LogP contribution in [0.25, 0.3) is 0 Å². The van der Waals surface area contributed by atoms with Gasteiger partial charge in [-0.2, -0.15) is 4.31 Å². The zero-order valence-corrected chi connectivity index (χ0v) is 19.8. The second-order valence-corrected chi connectivity index (χ2v) is 10.4. The Hall–Kier alpha value is -2.62. The number of rotatable bonds is 6. The molecule has 2 aliphatic heterocycles. The first-order valence-corrected chi connectivity index (χ1v) is 12.7. The molecule has 1 saturated heterocycles.